The Labute approximate surface area is 199 Å². The van der Waals surface area contributed by atoms with Crippen LogP contribution in [0.15, 0.2) is 65.7 Å². The highest BCUT2D eigenvalue weighted by Gasteiger charge is 2.33. The quantitative estimate of drug-likeness (QED) is 0.517. The topological polar surface area (TPSA) is 95.2 Å². The third-order valence-corrected chi connectivity index (χ3v) is 8.18. The number of aromatic nitrogens is 2. The second-order valence-electron chi connectivity index (χ2n) is 8.15. The molecule has 0 radical (unpaired) electrons. The number of halogens is 1. The van der Waals surface area contributed by atoms with Gasteiger partial charge in [0.1, 0.15) is 5.82 Å². The molecule has 9 heteroatoms. The average Bonchev–Trinajstić information content (AvgIpc) is 3.33. The van der Waals surface area contributed by atoms with E-state index in [1.54, 1.807) is 18.3 Å². The highest BCUT2D eigenvalue weighted by molar-refractivity contribution is 7.89. The molecule has 7 nitrogen and oxygen atoms in total. The molecule has 1 saturated heterocycles. The largest absolute Gasteiger partial charge is 0.346 e. The molecular formula is C24H27ClN4O3S. The lowest BCUT2D eigenvalue weighted by molar-refractivity contribution is -0.127. The van der Waals surface area contributed by atoms with Crippen molar-refractivity contribution in [2.75, 3.05) is 13.1 Å². The Balaban J connectivity index is 1.36. The molecule has 3 aromatic rings. The third kappa shape index (κ3) is 5.29. The fraction of sp³-hybridized carbons (Fsp3) is 0.333. The second-order valence-corrected chi connectivity index (χ2v) is 10.5. The van der Waals surface area contributed by atoms with E-state index in [1.165, 1.54) is 16.4 Å². The van der Waals surface area contributed by atoms with E-state index in [0.717, 1.165) is 11.3 Å². The predicted octanol–water partition coefficient (Wildman–Crippen LogP) is 4.40. The SMILES string of the molecule is CCC(NC(=O)C1CCN(S(=O)(=O)c2ccc(Cl)cc2)CC1)c1ncc(-c2ccccc2)[nH]1. The number of piperidine rings is 1. The Morgan fingerprint density at radius 1 is 1.15 bits per heavy atom. The number of amides is 1. The van der Waals surface area contributed by atoms with Crippen LogP contribution in [0.1, 0.15) is 38.1 Å². The number of rotatable bonds is 7. The van der Waals surface area contributed by atoms with Crippen LogP contribution in [0.25, 0.3) is 11.3 Å². The molecule has 4 rings (SSSR count). The van der Waals surface area contributed by atoms with Gasteiger partial charge in [-0.15, -0.1) is 0 Å². The summed E-state index contributed by atoms with van der Waals surface area (Å²) in [6, 6.07) is 15.8. The number of aromatic amines is 1. The molecule has 174 valence electrons. The molecule has 1 aromatic heterocycles. The molecule has 0 aliphatic carbocycles. The van der Waals surface area contributed by atoms with Crippen LogP contribution in [0, 0.1) is 5.92 Å². The lowest BCUT2D eigenvalue weighted by Gasteiger charge is -2.31. The maximum Gasteiger partial charge on any atom is 0.243 e. The van der Waals surface area contributed by atoms with E-state index in [9.17, 15) is 13.2 Å². The molecule has 33 heavy (non-hydrogen) atoms. The maximum atomic E-state index is 12.9. The molecule has 1 unspecified atom stereocenters. The Hall–Kier alpha value is -2.68. The first-order chi connectivity index (χ1) is 15.9. The van der Waals surface area contributed by atoms with E-state index in [4.69, 9.17) is 11.6 Å². The van der Waals surface area contributed by atoms with Gasteiger partial charge in [-0.25, -0.2) is 13.4 Å². The summed E-state index contributed by atoms with van der Waals surface area (Å²) < 4.78 is 27.2. The molecule has 1 fully saturated rings. The van der Waals surface area contributed by atoms with Gasteiger partial charge in [-0.1, -0.05) is 48.9 Å². The van der Waals surface area contributed by atoms with E-state index >= 15 is 0 Å². The smallest absolute Gasteiger partial charge is 0.243 e. The molecule has 2 heterocycles. The minimum Gasteiger partial charge on any atom is -0.346 e. The van der Waals surface area contributed by atoms with Crippen LogP contribution in [0.3, 0.4) is 0 Å². The van der Waals surface area contributed by atoms with Crippen molar-refractivity contribution in [1.29, 1.82) is 0 Å². The normalized spacial score (nSPS) is 16.4. The van der Waals surface area contributed by atoms with Gasteiger partial charge < -0.3 is 10.3 Å². The van der Waals surface area contributed by atoms with Gasteiger partial charge in [0.15, 0.2) is 0 Å². The zero-order valence-corrected chi connectivity index (χ0v) is 19.9. The summed E-state index contributed by atoms with van der Waals surface area (Å²) in [5.41, 5.74) is 1.94. The van der Waals surface area contributed by atoms with Gasteiger partial charge in [0, 0.05) is 24.0 Å². The summed E-state index contributed by atoms with van der Waals surface area (Å²) in [6.45, 7) is 2.61. The van der Waals surface area contributed by atoms with Gasteiger partial charge in [0.2, 0.25) is 15.9 Å². The zero-order valence-electron chi connectivity index (χ0n) is 18.4. The molecule has 0 bridgehead atoms. The zero-order chi connectivity index (χ0) is 23.4. The Kier molecular flexibility index (Phi) is 7.17. The van der Waals surface area contributed by atoms with Crippen LogP contribution in [-0.2, 0) is 14.8 Å². The predicted molar refractivity (Wildman–Crippen MR) is 128 cm³/mol. The fourth-order valence-corrected chi connectivity index (χ4v) is 5.64. The van der Waals surface area contributed by atoms with Crippen molar-refractivity contribution >= 4 is 27.5 Å². The van der Waals surface area contributed by atoms with Gasteiger partial charge in [-0.05, 0) is 49.1 Å². The number of carbonyl (C=O) groups excluding carboxylic acids is 1. The minimum atomic E-state index is -3.59. The van der Waals surface area contributed by atoms with E-state index in [1.807, 2.05) is 37.3 Å². The van der Waals surface area contributed by atoms with Gasteiger partial charge in [0.25, 0.3) is 0 Å². The van der Waals surface area contributed by atoms with E-state index in [2.05, 4.69) is 15.3 Å². The van der Waals surface area contributed by atoms with E-state index < -0.39 is 10.0 Å². The van der Waals surface area contributed by atoms with Crippen LogP contribution >= 0.6 is 11.6 Å². The molecule has 0 spiro atoms. The number of nitrogens with zero attached hydrogens (tertiary/aromatic N) is 2. The summed E-state index contributed by atoms with van der Waals surface area (Å²) in [7, 11) is -3.59. The van der Waals surface area contributed by atoms with Crippen LogP contribution in [0.2, 0.25) is 5.02 Å². The molecular weight excluding hydrogens is 460 g/mol. The van der Waals surface area contributed by atoms with Crippen molar-refractivity contribution in [1.82, 2.24) is 19.6 Å². The number of benzene rings is 2. The van der Waals surface area contributed by atoms with Gasteiger partial charge in [0.05, 0.1) is 22.8 Å². The third-order valence-electron chi connectivity index (χ3n) is 6.01. The molecule has 0 saturated carbocycles. The molecule has 2 aromatic carbocycles. The maximum absolute atomic E-state index is 12.9. The molecule has 1 aliphatic heterocycles. The van der Waals surface area contributed by atoms with E-state index in [-0.39, 0.29) is 22.8 Å². The number of sulfonamides is 1. The molecule has 1 atom stereocenters. The first-order valence-corrected chi connectivity index (χ1v) is 12.9. The number of hydrogen-bond donors (Lipinski definition) is 2. The Morgan fingerprint density at radius 3 is 2.45 bits per heavy atom. The summed E-state index contributed by atoms with van der Waals surface area (Å²) in [6.07, 6.45) is 3.42. The summed E-state index contributed by atoms with van der Waals surface area (Å²) in [5, 5.41) is 3.58. The van der Waals surface area contributed by atoms with Crippen molar-refractivity contribution in [2.45, 2.75) is 37.1 Å². The summed E-state index contributed by atoms with van der Waals surface area (Å²) >= 11 is 5.87. The van der Waals surface area contributed by atoms with Gasteiger partial charge >= 0.3 is 0 Å². The van der Waals surface area contributed by atoms with Crippen LogP contribution < -0.4 is 5.32 Å². The standard InChI is InChI=1S/C24H27ClN4O3S/c1-2-21(23-26-16-22(27-23)17-6-4-3-5-7-17)28-24(30)18-12-14-29(15-13-18)33(31,32)20-10-8-19(25)9-11-20/h3-11,16,18,21H,2,12-15H2,1H3,(H,26,27)(H,28,30). The van der Waals surface area contributed by atoms with Crippen LogP contribution in [-0.4, -0.2) is 41.7 Å². The highest BCUT2D eigenvalue weighted by Crippen LogP contribution is 2.26. The summed E-state index contributed by atoms with van der Waals surface area (Å²) in [5.74, 6) is 0.412. The van der Waals surface area contributed by atoms with E-state index in [0.29, 0.717) is 43.2 Å². The lowest BCUT2D eigenvalue weighted by Crippen LogP contribution is -2.43. The number of H-pyrrole nitrogens is 1. The Bertz CT molecular complexity index is 1190. The number of hydrogen-bond acceptors (Lipinski definition) is 4. The van der Waals surface area contributed by atoms with Crippen molar-refractivity contribution in [3.63, 3.8) is 0 Å². The van der Waals surface area contributed by atoms with Crippen LogP contribution in [0.4, 0.5) is 0 Å². The first-order valence-electron chi connectivity index (χ1n) is 11.0. The van der Waals surface area contributed by atoms with Gasteiger partial charge in [-0.2, -0.15) is 4.31 Å². The molecule has 2 N–H and O–H groups in total. The summed E-state index contributed by atoms with van der Waals surface area (Å²) in [4.78, 5) is 21.0. The van der Waals surface area contributed by atoms with Crippen LogP contribution in [0.5, 0.6) is 0 Å². The first kappa shape index (κ1) is 23.5. The van der Waals surface area contributed by atoms with Crippen molar-refractivity contribution < 1.29 is 13.2 Å². The lowest BCUT2D eigenvalue weighted by atomic mass is 9.96. The number of imidazole rings is 1. The Morgan fingerprint density at radius 2 is 1.82 bits per heavy atom. The van der Waals surface area contributed by atoms with Gasteiger partial charge in [-0.3, -0.25) is 4.79 Å². The van der Waals surface area contributed by atoms with Crippen molar-refractivity contribution in [2.24, 2.45) is 5.92 Å². The van der Waals surface area contributed by atoms with Crippen molar-refractivity contribution in [3.05, 3.63) is 71.6 Å². The van der Waals surface area contributed by atoms with Crippen molar-refractivity contribution in [3.8, 4) is 11.3 Å². The fourth-order valence-electron chi connectivity index (χ4n) is 4.05. The highest BCUT2D eigenvalue weighted by atomic mass is 35.5. The number of carbonyl (C=O) groups is 1. The minimum absolute atomic E-state index is 0.0666. The molecule has 1 amide bonds. The molecule has 1 aliphatic rings. The monoisotopic (exact) mass is 486 g/mol. The second kappa shape index (κ2) is 10.1. The number of nitrogens with one attached hydrogen (secondary N) is 2. The average molecular weight is 487 g/mol.